The number of hydrogen-bond donors (Lipinski definition) is 0. The largest absolute Gasteiger partial charge is 0.310 e. The second kappa shape index (κ2) is 11.4. The molecule has 10 aromatic rings. The van der Waals surface area contributed by atoms with E-state index in [1.54, 1.807) is 0 Å². The highest BCUT2D eigenvalue weighted by Gasteiger charge is 2.48. The summed E-state index contributed by atoms with van der Waals surface area (Å²) in [6.45, 7) is 0. The Labute approximate surface area is 321 Å². The van der Waals surface area contributed by atoms with Gasteiger partial charge in [-0.25, -0.2) is 0 Å². The van der Waals surface area contributed by atoms with E-state index in [4.69, 9.17) is 0 Å². The van der Waals surface area contributed by atoms with Crippen LogP contribution in [-0.4, -0.2) is 0 Å². The first kappa shape index (κ1) is 30.3. The molecule has 0 saturated carbocycles. The van der Waals surface area contributed by atoms with Gasteiger partial charge in [-0.1, -0.05) is 157 Å². The highest BCUT2D eigenvalue weighted by atomic mass is 32.2. The summed E-state index contributed by atoms with van der Waals surface area (Å²) in [4.78, 5) is 5.06. The van der Waals surface area contributed by atoms with Crippen LogP contribution >= 0.6 is 23.1 Å². The molecule has 1 aliphatic heterocycles. The summed E-state index contributed by atoms with van der Waals surface area (Å²) in [5.41, 5.74) is 11.0. The summed E-state index contributed by atoms with van der Waals surface area (Å²) in [6.07, 6.45) is 0. The molecule has 0 radical (unpaired) electrons. The fraction of sp³-hybridized carbons (Fsp3) is 0.0196. The number of hydrogen-bond acceptors (Lipinski definition) is 3. The third-order valence-electron chi connectivity index (χ3n) is 11.7. The van der Waals surface area contributed by atoms with Gasteiger partial charge in [0.1, 0.15) is 0 Å². The van der Waals surface area contributed by atoms with E-state index >= 15 is 0 Å². The van der Waals surface area contributed by atoms with Gasteiger partial charge in [0.2, 0.25) is 0 Å². The zero-order valence-electron chi connectivity index (χ0n) is 29.2. The zero-order valence-corrected chi connectivity index (χ0v) is 30.8. The van der Waals surface area contributed by atoms with Gasteiger partial charge in [-0.2, -0.15) is 0 Å². The van der Waals surface area contributed by atoms with Crippen molar-refractivity contribution < 1.29 is 0 Å². The first-order valence-corrected chi connectivity index (χ1v) is 20.1. The second-order valence-corrected chi connectivity index (χ2v) is 16.6. The molecule has 0 N–H and O–H groups in total. The van der Waals surface area contributed by atoms with E-state index in [1.807, 2.05) is 23.1 Å². The fourth-order valence-corrected chi connectivity index (χ4v) is 11.9. The molecular weight excluding hydrogens is 691 g/mol. The first-order chi connectivity index (χ1) is 26.8. The maximum Gasteiger partial charge on any atom is 0.0735 e. The molecule has 2 aliphatic rings. The van der Waals surface area contributed by atoms with E-state index in [0.29, 0.717) is 0 Å². The van der Waals surface area contributed by atoms with E-state index in [9.17, 15) is 0 Å². The number of thiophene rings is 1. The van der Waals surface area contributed by atoms with Crippen molar-refractivity contribution in [1.29, 1.82) is 0 Å². The fourth-order valence-electron chi connectivity index (χ4n) is 9.51. The van der Waals surface area contributed by atoms with Crippen molar-refractivity contribution in [2.45, 2.75) is 15.2 Å². The van der Waals surface area contributed by atoms with Gasteiger partial charge in [0.05, 0.1) is 11.1 Å². The lowest BCUT2D eigenvalue weighted by molar-refractivity contribution is 0.707. The van der Waals surface area contributed by atoms with Crippen LogP contribution in [-0.2, 0) is 5.41 Å². The molecule has 12 rings (SSSR count). The summed E-state index contributed by atoms with van der Waals surface area (Å²) in [5, 5.41) is 7.72. The van der Waals surface area contributed by atoms with E-state index < -0.39 is 5.41 Å². The third kappa shape index (κ3) is 4.11. The zero-order chi connectivity index (χ0) is 35.4. The predicted molar refractivity (Wildman–Crippen MR) is 230 cm³/mol. The highest BCUT2D eigenvalue weighted by Crippen LogP contribution is 2.61. The third-order valence-corrected chi connectivity index (χ3v) is 14.0. The van der Waals surface area contributed by atoms with Gasteiger partial charge in [0, 0.05) is 46.7 Å². The molecule has 3 heteroatoms. The van der Waals surface area contributed by atoms with Crippen molar-refractivity contribution in [3.8, 4) is 11.1 Å². The van der Waals surface area contributed by atoms with Crippen molar-refractivity contribution in [1.82, 2.24) is 0 Å². The van der Waals surface area contributed by atoms with E-state index in [2.05, 4.69) is 193 Å². The number of anilines is 3. The van der Waals surface area contributed by atoms with Crippen LogP contribution < -0.4 is 4.90 Å². The molecule has 0 saturated heterocycles. The van der Waals surface area contributed by atoms with Crippen molar-refractivity contribution in [3.05, 3.63) is 210 Å². The highest BCUT2D eigenvalue weighted by molar-refractivity contribution is 7.99. The number of nitrogens with zero attached hydrogens (tertiary/aromatic N) is 1. The Bertz CT molecular complexity index is 3160. The lowest BCUT2D eigenvalue weighted by Crippen LogP contribution is -2.36. The Morgan fingerprint density at radius 1 is 0.389 bits per heavy atom. The van der Waals surface area contributed by atoms with Crippen LogP contribution in [0.25, 0.3) is 52.8 Å². The molecule has 0 fully saturated rings. The Balaban J connectivity index is 1.15. The molecule has 1 aliphatic carbocycles. The smallest absolute Gasteiger partial charge is 0.0735 e. The number of benzene rings is 9. The molecule has 54 heavy (non-hydrogen) atoms. The molecule has 1 atom stereocenters. The summed E-state index contributed by atoms with van der Waals surface area (Å²) in [7, 11) is 0. The molecule has 0 amide bonds. The minimum atomic E-state index is -0.472. The van der Waals surface area contributed by atoms with Crippen molar-refractivity contribution in [2.24, 2.45) is 0 Å². The van der Waals surface area contributed by atoms with Crippen molar-refractivity contribution in [2.75, 3.05) is 4.90 Å². The lowest BCUT2D eigenvalue weighted by atomic mass is 9.59. The van der Waals surface area contributed by atoms with Gasteiger partial charge >= 0.3 is 0 Å². The van der Waals surface area contributed by atoms with Crippen molar-refractivity contribution in [3.63, 3.8) is 0 Å². The SMILES string of the molecule is c1ccc2c(c1)Sc1cc(N(c3ccc4c(c3)sc3ccccc34)c3cccc4ccccc34)ccc1C21c2ccccc2-c2cccc3cccc1c23. The van der Waals surface area contributed by atoms with Crippen LogP contribution in [0.4, 0.5) is 17.1 Å². The van der Waals surface area contributed by atoms with Gasteiger partial charge in [0.25, 0.3) is 0 Å². The molecule has 9 aromatic carbocycles. The Morgan fingerprint density at radius 3 is 1.96 bits per heavy atom. The van der Waals surface area contributed by atoms with Gasteiger partial charge < -0.3 is 4.90 Å². The maximum absolute atomic E-state index is 2.48. The first-order valence-electron chi connectivity index (χ1n) is 18.5. The van der Waals surface area contributed by atoms with E-state index in [0.717, 1.165) is 11.4 Å². The average molecular weight is 722 g/mol. The molecular formula is C51H31NS2. The standard InChI is InChI=1S/C51H31NS2/c1-2-16-36-32(12-1)13-11-23-45(36)52(34-26-28-39-38-18-4-7-24-46(38)53-48(39)30-34)35-27-29-43-49(31-35)54-47-25-8-6-21-42(47)51(43)41-20-5-3-17-37(41)40-19-9-14-33-15-10-22-44(51)50(33)40/h1-31H. The normalized spacial score (nSPS) is 15.4. The number of rotatable bonds is 3. The summed E-state index contributed by atoms with van der Waals surface area (Å²) >= 11 is 3.77. The van der Waals surface area contributed by atoms with Gasteiger partial charge in [-0.05, 0) is 92.0 Å². The molecule has 1 unspecified atom stereocenters. The molecule has 2 heterocycles. The molecule has 1 nitrogen and oxygen atoms in total. The van der Waals surface area contributed by atoms with Crippen LogP contribution in [0.2, 0.25) is 0 Å². The van der Waals surface area contributed by atoms with Crippen LogP contribution in [0.3, 0.4) is 0 Å². The van der Waals surface area contributed by atoms with E-state index in [-0.39, 0.29) is 0 Å². The monoisotopic (exact) mass is 721 g/mol. The van der Waals surface area contributed by atoms with Crippen LogP contribution in [0.15, 0.2) is 198 Å². The molecule has 0 bridgehead atoms. The van der Waals surface area contributed by atoms with Crippen LogP contribution in [0, 0.1) is 0 Å². The summed E-state index contributed by atoms with van der Waals surface area (Å²) in [6, 6.07) is 70.4. The van der Waals surface area contributed by atoms with Gasteiger partial charge in [0.15, 0.2) is 0 Å². The Hall–Kier alpha value is -6.13. The Morgan fingerprint density at radius 2 is 1.02 bits per heavy atom. The molecule has 1 spiro atoms. The van der Waals surface area contributed by atoms with E-state index in [1.165, 1.54) is 90.6 Å². The summed E-state index contributed by atoms with van der Waals surface area (Å²) < 4.78 is 2.62. The lowest BCUT2D eigenvalue weighted by Gasteiger charge is -2.46. The van der Waals surface area contributed by atoms with Gasteiger partial charge in [-0.3, -0.25) is 0 Å². The van der Waals surface area contributed by atoms with Crippen molar-refractivity contribution >= 4 is 81.9 Å². The van der Waals surface area contributed by atoms with Gasteiger partial charge in [-0.15, -0.1) is 11.3 Å². The maximum atomic E-state index is 2.48. The quantitative estimate of drug-likeness (QED) is 0.179. The molecule has 1 aromatic heterocycles. The predicted octanol–water partition coefficient (Wildman–Crippen LogP) is 14.7. The molecule has 252 valence electrons. The topological polar surface area (TPSA) is 3.24 Å². The average Bonchev–Trinajstić information content (AvgIpc) is 3.60. The number of fused-ring (bicyclic) bond motifs is 12. The van der Waals surface area contributed by atoms with Crippen LogP contribution in [0.5, 0.6) is 0 Å². The Kier molecular flexibility index (Phi) is 6.42. The minimum Gasteiger partial charge on any atom is -0.310 e. The second-order valence-electron chi connectivity index (χ2n) is 14.4. The summed E-state index contributed by atoms with van der Waals surface area (Å²) in [5.74, 6) is 0. The van der Waals surface area contributed by atoms with Crippen LogP contribution in [0.1, 0.15) is 22.3 Å². The minimum absolute atomic E-state index is 0.472.